The van der Waals surface area contributed by atoms with Crippen LogP contribution in [0.4, 0.5) is 0 Å². The molecule has 1 aliphatic rings. The largest absolute Gasteiger partial charge is 0.469 e. The number of carbonyl (C=O) groups excluding carboxylic acids is 1. The van der Waals surface area contributed by atoms with E-state index in [1.807, 2.05) is 0 Å². The average Bonchev–Trinajstić information content (AvgIpc) is 2.72. The maximum absolute atomic E-state index is 11.7. The van der Waals surface area contributed by atoms with Crippen molar-refractivity contribution in [1.82, 2.24) is 5.32 Å². The van der Waals surface area contributed by atoms with Crippen LogP contribution in [0.3, 0.4) is 0 Å². The third kappa shape index (κ3) is 3.13. The number of hydrogen-bond acceptors (Lipinski definition) is 4. The predicted octanol–water partition coefficient (Wildman–Crippen LogP) is 2.99. The molecule has 0 amide bonds. The second-order valence-corrected chi connectivity index (χ2v) is 7.31. The standard InChI is InChI=1S/C13H18BrNO2S/c1-17-12(16)13(6-2-7-13)9-15-8-5-10-3-4-11(14)18-10/h3-4,15H,2,5-9H2,1H3. The SMILES string of the molecule is COC(=O)C1(CNCCc2ccc(Br)s2)CCC1. The number of thiophene rings is 1. The van der Waals surface area contributed by atoms with Crippen LogP contribution >= 0.6 is 27.3 Å². The van der Waals surface area contributed by atoms with Gasteiger partial charge in [0.15, 0.2) is 0 Å². The van der Waals surface area contributed by atoms with E-state index >= 15 is 0 Å². The average molecular weight is 332 g/mol. The normalized spacial score (nSPS) is 17.2. The summed E-state index contributed by atoms with van der Waals surface area (Å²) < 4.78 is 6.06. The van der Waals surface area contributed by atoms with Gasteiger partial charge < -0.3 is 10.1 Å². The molecule has 0 bridgehead atoms. The monoisotopic (exact) mass is 331 g/mol. The van der Waals surface area contributed by atoms with E-state index < -0.39 is 0 Å². The van der Waals surface area contributed by atoms with E-state index in [-0.39, 0.29) is 11.4 Å². The van der Waals surface area contributed by atoms with Crippen molar-refractivity contribution in [3.63, 3.8) is 0 Å². The van der Waals surface area contributed by atoms with Gasteiger partial charge in [0.1, 0.15) is 0 Å². The van der Waals surface area contributed by atoms with Gasteiger partial charge in [0.2, 0.25) is 0 Å². The Morgan fingerprint density at radius 1 is 1.56 bits per heavy atom. The first kappa shape index (κ1) is 14.0. The lowest BCUT2D eigenvalue weighted by atomic mass is 9.68. The summed E-state index contributed by atoms with van der Waals surface area (Å²) in [6, 6.07) is 4.21. The van der Waals surface area contributed by atoms with Crippen LogP contribution in [0.25, 0.3) is 0 Å². The van der Waals surface area contributed by atoms with Crippen molar-refractivity contribution in [3.05, 3.63) is 20.8 Å². The quantitative estimate of drug-likeness (QED) is 0.643. The van der Waals surface area contributed by atoms with Gasteiger partial charge in [0, 0.05) is 11.4 Å². The first-order valence-electron chi connectivity index (χ1n) is 6.20. The summed E-state index contributed by atoms with van der Waals surface area (Å²) >= 11 is 5.22. The van der Waals surface area contributed by atoms with E-state index in [0.29, 0.717) is 0 Å². The molecule has 1 N–H and O–H groups in total. The summed E-state index contributed by atoms with van der Waals surface area (Å²) in [7, 11) is 1.48. The molecule has 0 unspecified atom stereocenters. The van der Waals surface area contributed by atoms with Crippen molar-refractivity contribution in [2.45, 2.75) is 25.7 Å². The topological polar surface area (TPSA) is 38.3 Å². The lowest BCUT2D eigenvalue weighted by Gasteiger charge is -2.38. The van der Waals surface area contributed by atoms with Crippen LogP contribution in [0, 0.1) is 5.41 Å². The highest BCUT2D eigenvalue weighted by molar-refractivity contribution is 9.11. The molecule has 0 atom stereocenters. The van der Waals surface area contributed by atoms with Crippen LogP contribution in [0.2, 0.25) is 0 Å². The number of rotatable bonds is 6. The van der Waals surface area contributed by atoms with E-state index in [1.165, 1.54) is 15.8 Å². The summed E-state index contributed by atoms with van der Waals surface area (Å²) in [5.74, 6) is -0.0554. The Labute approximate surface area is 120 Å². The highest BCUT2D eigenvalue weighted by Crippen LogP contribution is 2.41. The minimum Gasteiger partial charge on any atom is -0.469 e. The number of methoxy groups -OCH3 is 1. The molecule has 0 aromatic carbocycles. The molecule has 1 aromatic heterocycles. The van der Waals surface area contributed by atoms with Gasteiger partial charge in [-0.2, -0.15) is 0 Å². The summed E-state index contributed by atoms with van der Waals surface area (Å²) in [6.45, 7) is 1.65. The second-order valence-electron chi connectivity index (χ2n) is 4.76. The van der Waals surface area contributed by atoms with Crippen LogP contribution in [-0.2, 0) is 16.0 Å². The molecule has 0 spiro atoms. The highest BCUT2D eigenvalue weighted by Gasteiger charge is 2.44. The second kappa shape index (κ2) is 6.17. The third-order valence-corrected chi connectivity index (χ3v) is 5.25. The Morgan fingerprint density at radius 3 is 2.83 bits per heavy atom. The van der Waals surface area contributed by atoms with Crippen LogP contribution in [-0.4, -0.2) is 26.2 Å². The maximum Gasteiger partial charge on any atom is 0.313 e. The fraction of sp³-hybridized carbons (Fsp3) is 0.615. The molecule has 2 rings (SSSR count). The van der Waals surface area contributed by atoms with Gasteiger partial charge >= 0.3 is 5.97 Å². The van der Waals surface area contributed by atoms with E-state index in [1.54, 1.807) is 11.3 Å². The van der Waals surface area contributed by atoms with Gasteiger partial charge in [-0.1, -0.05) is 6.42 Å². The zero-order chi connectivity index (χ0) is 13.0. The number of halogens is 1. The zero-order valence-corrected chi connectivity index (χ0v) is 12.9. The lowest BCUT2D eigenvalue weighted by molar-refractivity contribution is -0.158. The Bertz CT molecular complexity index is 415. The van der Waals surface area contributed by atoms with Crippen LogP contribution in [0.5, 0.6) is 0 Å². The van der Waals surface area contributed by atoms with Gasteiger partial charge in [-0.25, -0.2) is 0 Å². The van der Waals surface area contributed by atoms with Crippen molar-refractivity contribution >= 4 is 33.2 Å². The molecule has 0 saturated heterocycles. The van der Waals surface area contributed by atoms with Crippen molar-refractivity contribution < 1.29 is 9.53 Å². The molecule has 0 radical (unpaired) electrons. The van der Waals surface area contributed by atoms with Crippen molar-refractivity contribution in [2.75, 3.05) is 20.2 Å². The molecule has 1 saturated carbocycles. The number of carbonyl (C=O) groups is 1. The van der Waals surface area contributed by atoms with Crippen LogP contribution < -0.4 is 5.32 Å². The lowest BCUT2D eigenvalue weighted by Crippen LogP contribution is -2.47. The van der Waals surface area contributed by atoms with Gasteiger partial charge in [-0.3, -0.25) is 4.79 Å². The first-order valence-corrected chi connectivity index (χ1v) is 7.81. The molecular weight excluding hydrogens is 314 g/mol. The number of ether oxygens (including phenoxy) is 1. The van der Waals surface area contributed by atoms with E-state index in [9.17, 15) is 4.79 Å². The Balaban J connectivity index is 1.73. The minimum absolute atomic E-state index is 0.0554. The molecule has 100 valence electrons. The molecule has 1 heterocycles. The summed E-state index contributed by atoms with van der Waals surface area (Å²) in [5, 5.41) is 3.39. The van der Waals surface area contributed by atoms with Crippen molar-refractivity contribution in [3.8, 4) is 0 Å². The Kier molecular flexibility index (Phi) is 4.81. The molecule has 5 heteroatoms. The van der Waals surface area contributed by atoms with E-state index in [2.05, 4.69) is 33.4 Å². The summed E-state index contributed by atoms with van der Waals surface area (Å²) in [4.78, 5) is 13.1. The van der Waals surface area contributed by atoms with Crippen LogP contribution in [0.15, 0.2) is 15.9 Å². The fourth-order valence-electron chi connectivity index (χ4n) is 2.30. The van der Waals surface area contributed by atoms with Gasteiger partial charge in [0.05, 0.1) is 16.3 Å². The molecule has 1 aromatic rings. The number of nitrogens with one attached hydrogen (secondary N) is 1. The van der Waals surface area contributed by atoms with Crippen LogP contribution in [0.1, 0.15) is 24.1 Å². The maximum atomic E-state index is 11.7. The molecule has 1 aliphatic carbocycles. The van der Waals surface area contributed by atoms with Crippen molar-refractivity contribution in [2.24, 2.45) is 5.41 Å². The molecular formula is C13H18BrNO2S. The van der Waals surface area contributed by atoms with Gasteiger partial charge in [-0.05, 0) is 53.9 Å². The van der Waals surface area contributed by atoms with Gasteiger partial charge in [0.25, 0.3) is 0 Å². The van der Waals surface area contributed by atoms with Gasteiger partial charge in [-0.15, -0.1) is 11.3 Å². The predicted molar refractivity (Wildman–Crippen MR) is 76.9 cm³/mol. The van der Waals surface area contributed by atoms with E-state index in [4.69, 9.17) is 4.74 Å². The number of hydrogen-bond donors (Lipinski definition) is 1. The first-order chi connectivity index (χ1) is 8.66. The fourth-order valence-corrected chi connectivity index (χ4v) is 3.78. The third-order valence-electron chi connectivity index (χ3n) is 3.57. The summed E-state index contributed by atoms with van der Waals surface area (Å²) in [5.41, 5.74) is -0.245. The molecule has 0 aliphatic heterocycles. The van der Waals surface area contributed by atoms with E-state index in [0.717, 1.165) is 38.8 Å². The smallest absolute Gasteiger partial charge is 0.313 e. The molecule has 3 nitrogen and oxygen atoms in total. The highest BCUT2D eigenvalue weighted by atomic mass is 79.9. The number of esters is 1. The summed E-state index contributed by atoms with van der Waals surface area (Å²) in [6.07, 6.45) is 4.05. The Hall–Kier alpha value is -0.390. The van der Waals surface area contributed by atoms with Crippen molar-refractivity contribution in [1.29, 1.82) is 0 Å². The molecule has 1 fully saturated rings. The molecule has 18 heavy (non-hydrogen) atoms. The zero-order valence-electron chi connectivity index (χ0n) is 10.5. The minimum atomic E-state index is -0.245. The Morgan fingerprint density at radius 2 is 2.33 bits per heavy atom.